The lowest BCUT2D eigenvalue weighted by Gasteiger charge is -2.32. The van der Waals surface area contributed by atoms with Crippen LogP contribution in [0.3, 0.4) is 0 Å². The van der Waals surface area contributed by atoms with Gasteiger partial charge in [-0.05, 0) is 56.4 Å². The van der Waals surface area contributed by atoms with Crippen molar-refractivity contribution >= 4 is 30.1 Å². The van der Waals surface area contributed by atoms with Crippen molar-refractivity contribution in [2.24, 2.45) is 11.3 Å². The van der Waals surface area contributed by atoms with E-state index in [4.69, 9.17) is 0 Å². The molecule has 3 fully saturated rings. The number of piperidine rings is 1. The lowest BCUT2D eigenvalue weighted by atomic mass is 9.91. The molecule has 3 atom stereocenters. The highest BCUT2D eigenvalue weighted by Gasteiger charge is 2.57. The second-order valence-corrected chi connectivity index (χ2v) is 8.28. The molecule has 21 heavy (non-hydrogen) atoms. The number of amides is 1. The van der Waals surface area contributed by atoms with Gasteiger partial charge in [0, 0.05) is 17.2 Å². The Morgan fingerprint density at radius 1 is 1.29 bits per heavy atom. The zero-order chi connectivity index (χ0) is 14.0. The van der Waals surface area contributed by atoms with E-state index in [1.165, 1.54) is 38.5 Å². The minimum absolute atomic E-state index is 0. The molecular weight excluding hydrogens is 304 g/mol. The van der Waals surface area contributed by atoms with Crippen LogP contribution in [0.15, 0.2) is 0 Å². The second-order valence-electron chi connectivity index (χ2n) is 6.76. The van der Waals surface area contributed by atoms with Gasteiger partial charge in [-0.1, -0.05) is 19.8 Å². The van der Waals surface area contributed by atoms with Gasteiger partial charge in [-0.3, -0.25) is 4.79 Å². The SMILES string of the molecule is CCSC1CCCCC1NC(=O)C1CC12CCNCC2.Cl. The van der Waals surface area contributed by atoms with Crippen LogP contribution in [0.4, 0.5) is 0 Å². The molecule has 3 nitrogen and oxygen atoms in total. The zero-order valence-corrected chi connectivity index (χ0v) is 14.7. The quantitative estimate of drug-likeness (QED) is 0.831. The first-order valence-corrected chi connectivity index (χ1v) is 9.43. The second kappa shape index (κ2) is 7.56. The van der Waals surface area contributed by atoms with E-state index in [-0.39, 0.29) is 12.4 Å². The predicted molar refractivity (Wildman–Crippen MR) is 92.2 cm³/mol. The van der Waals surface area contributed by atoms with Crippen molar-refractivity contribution in [2.75, 3.05) is 18.8 Å². The van der Waals surface area contributed by atoms with Crippen LogP contribution in [0.25, 0.3) is 0 Å². The monoisotopic (exact) mass is 332 g/mol. The van der Waals surface area contributed by atoms with E-state index >= 15 is 0 Å². The normalized spacial score (nSPS) is 34.0. The molecule has 3 unspecified atom stereocenters. The van der Waals surface area contributed by atoms with Crippen molar-refractivity contribution in [1.82, 2.24) is 10.6 Å². The van der Waals surface area contributed by atoms with Crippen molar-refractivity contribution in [2.45, 2.75) is 63.2 Å². The number of hydrogen-bond acceptors (Lipinski definition) is 3. The Bertz CT molecular complexity index is 358. The number of halogens is 1. The minimum atomic E-state index is 0. The summed E-state index contributed by atoms with van der Waals surface area (Å²) in [6.45, 7) is 4.42. The lowest BCUT2D eigenvalue weighted by Crippen LogP contribution is -2.45. The molecule has 0 radical (unpaired) electrons. The molecular formula is C16H29ClN2OS. The van der Waals surface area contributed by atoms with Crippen LogP contribution in [-0.2, 0) is 4.79 Å². The molecule has 3 rings (SSSR count). The van der Waals surface area contributed by atoms with Crippen molar-refractivity contribution < 1.29 is 4.79 Å². The predicted octanol–water partition coefficient (Wildman–Crippen LogP) is 2.98. The van der Waals surface area contributed by atoms with Crippen LogP contribution >= 0.6 is 24.2 Å². The molecule has 1 saturated heterocycles. The first-order valence-electron chi connectivity index (χ1n) is 8.38. The van der Waals surface area contributed by atoms with E-state index in [1.54, 1.807) is 0 Å². The summed E-state index contributed by atoms with van der Waals surface area (Å²) in [6, 6.07) is 0.431. The van der Waals surface area contributed by atoms with Crippen LogP contribution in [0.5, 0.6) is 0 Å². The number of hydrogen-bond donors (Lipinski definition) is 2. The molecule has 5 heteroatoms. The molecule has 122 valence electrons. The molecule has 1 amide bonds. The lowest BCUT2D eigenvalue weighted by molar-refractivity contribution is -0.124. The van der Waals surface area contributed by atoms with Crippen molar-refractivity contribution in [1.29, 1.82) is 0 Å². The van der Waals surface area contributed by atoms with E-state index < -0.39 is 0 Å². The van der Waals surface area contributed by atoms with E-state index in [1.807, 2.05) is 11.8 Å². The largest absolute Gasteiger partial charge is 0.352 e. The van der Waals surface area contributed by atoms with E-state index in [2.05, 4.69) is 17.6 Å². The number of thioether (sulfide) groups is 1. The Hall–Kier alpha value is 0.0700. The molecule has 3 aliphatic rings. The molecule has 0 bridgehead atoms. The summed E-state index contributed by atoms with van der Waals surface area (Å²) < 4.78 is 0. The summed E-state index contributed by atoms with van der Waals surface area (Å²) in [6.07, 6.45) is 8.62. The van der Waals surface area contributed by atoms with Gasteiger partial charge in [0.05, 0.1) is 0 Å². The van der Waals surface area contributed by atoms with Crippen molar-refractivity contribution in [3.63, 3.8) is 0 Å². The van der Waals surface area contributed by atoms with Gasteiger partial charge in [-0.25, -0.2) is 0 Å². The maximum atomic E-state index is 12.6. The Morgan fingerprint density at radius 3 is 2.71 bits per heavy atom. The molecule has 0 aromatic rings. The first-order chi connectivity index (χ1) is 9.75. The van der Waals surface area contributed by atoms with Gasteiger partial charge >= 0.3 is 0 Å². The van der Waals surface area contributed by atoms with Crippen LogP contribution in [0, 0.1) is 11.3 Å². The number of rotatable bonds is 4. The van der Waals surface area contributed by atoms with Gasteiger partial charge in [-0.15, -0.1) is 12.4 Å². The highest BCUT2D eigenvalue weighted by atomic mass is 35.5. The Kier molecular flexibility index (Phi) is 6.27. The van der Waals surface area contributed by atoms with Gasteiger partial charge in [0.15, 0.2) is 0 Å². The van der Waals surface area contributed by atoms with Crippen molar-refractivity contribution in [3.8, 4) is 0 Å². The standard InChI is InChI=1S/C16H28N2OS.ClH/c1-2-20-14-6-4-3-5-13(14)18-15(19)12-11-16(12)7-9-17-10-8-16;/h12-14,17H,2-11H2,1H3,(H,18,19);1H. The summed E-state index contributed by atoms with van der Waals surface area (Å²) in [5.74, 6) is 1.84. The summed E-state index contributed by atoms with van der Waals surface area (Å²) in [4.78, 5) is 12.6. The molecule has 2 aliphatic carbocycles. The topological polar surface area (TPSA) is 41.1 Å². The van der Waals surface area contributed by atoms with E-state index in [0.717, 1.165) is 25.3 Å². The molecule has 2 saturated carbocycles. The van der Waals surface area contributed by atoms with Crippen molar-refractivity contribution in [3.05, 3.63) is 0 Å². The third-order valence-electron chi connectivity index (χ3n) is 5.52. The fourth-order valence-electron chi connectivity index (χ4n) is 4.15. The molecule has 1 heterocycles. The van der Waals surface area contributed by atoms with E-state index in [9.17, 15) is 4.79 Å². The average Bonchev–Trinajstić information content (AvgIpc) is 3.15. The molecule has 0 aromatic carbocycles. The summed E-state index contributed by atoms with van der Waals surface area (Å²) in [5, 5.41) is 7.47. The van der Waals surface area contributed by atoms with Crippen LogP contribution < -0.4 is 10.6 Å². The number of carbonyl (C=O) groups excluding carboxylic acids is 1. The molecule has 2 N–H and O–H groups in total. The third-order valence-corrected chi connectivity index (χ3v) is 6.84. The Balaban J connectivity index is 0.00000161. The average molecular weight is 333 g/mol. The third kappa shape index (κ3) is 3.89. The number of carbonyl (C=O) groups is 1. The summed E-state index contributed by atoms with van der Waals surface area (Å²) in [5.41, 5.74) is 0.372. The Morgan fingerprint density at radius 2 is 2.00 bits per heavy atom. The molecule has 0 aromatic heterocycles. The van der Waals surface area contributed by atoms with Gasteiger partial charge < -0.3 is 10.6 Å². The van der Waals surface area contributed by atoms with Crippen LogP contribution in [0.1, 0.15) is 51.9 Å². The maximum absolute atomic E-state index is 12.6. The highest BCUT2D eigenvalue weighted by Crippen LogP contribution is 2.58. The van der Waals surface area contributed by atoms with Gasteiger partial charge in [-0.2, -0.15) is 11.8 Å². The van der Waals surface area contributed by atoms with Crippen LogP contribution in [0.2, 0.25) is 0 Å². The number of nitrogens with one attached hydrogen (secondary N) is 2. The minimum Gasteiger partial charge on any atom is -0.352 e. The summed E-state index contributed by atoms with van der Waals surface area (Å²) >= 11 is 2.04. The van der Waals surface area contributed by atoms with Crippen LogP contribution in [-0.4, -0.2) is 36.0 Å². The Labute approximate surface area is 139 Å². The smallest absolute Gasteiger partial charge is 0.223 e. The highest BCUT2D eigenvalue weighted by molar-refractivity contribution is 7.99. The van der Waals surface area contributed by atoms with Gasteiger partial charge in [0.2, 0.25) is 5.91 Å². The first kappa shape index (κ1) is 17.4. The fraction of sp³-hybridized carbons (Fsp3) is 0.938. The fourth-order valence-corrected chi connectivity index (χ4v) is 5.35. The van der Waals surface area contributed by atoms with Gasteiger partial charge in [0.1, 0.15) is 0 Å². The summed E-state index contributed by atoms with van der Waals surface area (Å²) in [7, 11) is 0. The molecule has 1 aliphatic heterocycles. The van der Waals surface area contributed by atoms with Gasteiger partial charge in [0.25, 0.3) is 0 Å². The molecule has 1 spiro atoms. The zero-order valence-electron chi connectivity index (χ0n) is 13.0. The maximum Gasteiger partial charge on any atom is 0.223 e. The van der Waals surface area contributed by atoms with E-state index in [0.29, 0.717) is 28.5 Å².